The molecule has 0 saturated carbocycles. The summed E-state index contributed by atoms with van der Waals surface area (Å²) < 4.78 is 15.7. The molecular weight excluding hydrogens is 360 g/mol. The van der Waals surface area contributed by atoms with Crippen LogP contribution in [0.3, 0.4) is 0 Å². The summed E-state index contributed by atoms with van der Waals surface area (Å²) in [5.41, 5.74) is 0. The van der Waals surface area contributed by atoms with Crippen LogP contribution in [0, 0.1) is 0 Å². The second-order valence-electron chi connectivity index (χ2n) is 5.18. The number of anilines is 1. The zero-order valence-corrected chi connectivity index (χ0v) is 15.2. The Labute approximate surface area is 156 Å². The van der Waals surface area contributed by atoms with E-state index in [1.807, 2.05) is 6.92 Å². The van der Waals surface area contributed by atoms with E-state index in [0.717, 1.165) is 0 Å². The molecule has 1 N–H and O–H groups in total. The van der Waals surface area contributed by atoms with Gasteiger partial charge in [-0.2, -0.15) is 0 Å². The third kappa shape index (κ3) is 6.25. The van der Waals surface area contributed by atoms with Crippen LogP contribution in [0.4, 0.5) is 5.82 Å². The number of hydrogen-bond acceptors (Lipinski definition) is 6. The van der Waals surface area contributed by atoms with Crippen LogP contribution in [0.15, 0.2) is 42.6 Å². The second kappa shape index (κ2) is 9.62. The first-order chi connectivity index (χ1) is 12.5. The van der Waals surface area contributed by atoms with Gasteiger partial charge in [0.2, 0.25) is 0 Å². The Bertz CT molecular complexity index is 734. The van der Waals surface area contributed by atoms with Crippen LogP contribution in [-0.2, 0) is 14.3 Å². The summed E-state index contributed by atoms with van der Waals surface area (Å²) in [6.07, 6.45) is 0.405. The van der Waals surface area contributed by atoms with Gasteiger partial charge in [0.25, 0.3) is 5.91 Å². The summed E-state index contributed by atoms with van der Waals surface area (Å²) in [5, 5.41) is 2.98. The molecule has 0 aliphatic carbocycles. The summed E-state index contributed by atoms with van der Waals surface area (Å²) in [4.78, 5) is 27.7. The van der Waals surface area contributed by atoms with Crippen molar-refractivity contribution in [3.05, 3.63) is 47.6 Å². The SMILES string of the molecule is CCOc1ccc(OCC(=O)O[C@H](C)C(=O)Nc2ccc(Cl)cn2)cc1. The molecule has 1 heterocycles. The monoisotopic (exact) mass is 378 g/mol. The number of nitrogens with one attached hydrogen (secondary N) is 1. The molecule has 0 unspecified atom stereocenters. The van der Waals surface area contributed by atoms with Crippen LogP contribution in [0.5, 0.6) is 11.5 Å². The number of aromatic nitrogens is 1. The zero-order valence-electron chi connectivity index (χ0n) is 14.4. The van der Waals surface area contributed by atoms with Crippen molar-refractivity contribution < 1.29 is 23.8 Å². The Kier molecular flexibility index (Phi) is 7.23. The number of esters is 1. The summed E-state index contributed by atoms with van der Waals surface area (Å²) in [6.45, 7) is 3.60. The van der Waals surface area contributed by atoms with E-state index in [2.05, 4.69) is 10.3 Å². The summed E-state index contributed by atoms with van der Waals surface area (Å²) in [5.74, 6) is 0.351. The fourth-order valence-electron chi connectivity index (χ4n) is 1.90. The lowest BCUT2D eigenvalue weighted by atomic mass is 10.3. The molecule has 0 fully saturated rings. The smallest absolute Gasteiger partial charge is 0.344 e. The van der Waals surface area contributed by atoms with Gasteiger partial charge in [0, 0.05) is 6.20 Å². The Hall–Kier alpha value is -2.80. The van der Waals surface area contributed by atoms with Gasteiger partial charge < -0.3 is 19.5 Å². The van der Waals surface area contributed by atoms with Gasteiger partial charge in [0.05, 0.1) is 11.6 Å². The summed E-state index contributed by atoms with van der Waals surface area (Å²) in [7, 11) is 0. The molecular formula is C18H19ClN2O5. The molecule has 26 heavy (non-hydrogen) atoms. The standard InChI is InChI=1S/C18H19ClN2O5/c1-3-24-14-5-7-15(8-6-14)25-11-17(22)26-12(2)18(23)21-16-9-4-13(19)10-20-16/h4-10,12H,3,11H2,1-2H3,(H,20,21,23)/t12-/m1/s1. The number of halogens is 1. The van der Waals surface area contributed by atoms with Crippen LogP contribution >= 0.6 is 11.6 Å². The first kappa shape index (κ1) is 19.5. The van der Waals surface area contributed by atoms with Crippen molar-refractivity contribution in [3.8, 4) is 11.5 Å². The molecule has 0 radical (unpaired) electrons. The van der Waals surface area contributed by atoms with Gasteiger partial charge in [-0.25, -0.2) is 9.78 Å². The van der Waals surface area contributed by atoms with Crippen molar-refractivity contribution in [2.45, 2.75) is 20.0 Å². The molecule has 0 aliphatic heterocycles. The predicted molar refractivity (Wildman–Crippen MR) is 96.5 cm³/mol. The van der Waals surface area contributed by atoms with E-state index in [4.69, 9.17) is 25.8 Å². The van der Waals surface area contributed by atoms with Gasteiger partial charge in [-0.05, 0) is 50.2 Å². The number of carbonyl (C=O) groups excluding carboxylic acids is 2. The zero-order chi connectivity index (χ0) is 18.9. The number of amides is 1. The third-order valence-electron chi connectivity index (χ3n) is 3.15. The van der Waals surface area contributed by atoms with Crippen molar-refractivity contribution >= 4 is 29.3 Å². The average Bonchev–Trinajstić information content (AvgIpc) is 2.63. The molecule has 1 atom stereocenters. The number of pyridine rings is 1. The highest BCUT2D eigenvalue weighted by molar-refractivity contribution is 6.30. The lowest BCUT2D eigenvalue weighted by Gasteiger charge is -2.13. The molecule has 0 saturated heterocycles. The molecule has 0 spiro atoms. The van der Waals surface area contributed by atoms with Crippen LogP contribution < -0.4 is 14.8 Å². The summed E-state index contributed by atoms with van der Waals surface area (Å²) in [6, 6.07) is 9.97. The van der Waals surface area contributed by atoms with Crippen molar-refractivity contribution in [3.63, 3.8) is 0 Å². The van der Waals surface area contributed by atoms with Gasteiger partial charge >= 0.3 is 5.97 Å². The Morgan fingerprint density at radius 1 is 1.12 bits per heavy atom. The van der Waals surface area contributed by atoms with Crippen molar-refractivity contribution in [2.24, 2.45) is 0 Å². The largest absolute Gasteiger partial charge is 0.494 e. The Morgan fingerprint density at radius 2 is 1.77 bits per heavy atom. The van der Waals surface area contributed by atoms with Crippen LogP contribution in [-0.4, -0.2) is 36.2 Å². The highest BCUT2D eigenvalue weighted by Gasteiger charge is 2.18. The maximum Gasteiger partial charge on any atom is 0.344 e. The molecule has 138 valence electrons. The molecule has 1 aromatic heterocycles. The molecule has 2 rings (SSSR count). The number of carbonyl (C=O) groups is 2. The lowest BCUT2D eigenvalue weighted by molar-refractivity contribution is -0.155. The molecule has 1 aromatic carbocycles. The van der Waals surface area contributed by atoms with Crippen LogP contribution in [0.1, 0.15) is 13.8 Å². The van der Waals surface area contributed by atoms with E-state index < -0.39 is 18.0 Å². The first-order valence-corrected chi connectivity index (χ1v) is 8.33. The minimum Gasteiger partial charge on any atom is -0.494 e. The van der Waals surface area contributed by atoms with E-state index in [1.54, 1.807) is 36.4 Å². The number of rotatable bonds is 8. The van der Waals surface area contributed by atoms with Gasteiger partial charge in [-0.1, -0.05) is 11.6 Å². The maximum absolute atomic E-state index is 12.0. The molecule has 0 bridgehead atoms. The summed E-state index contributed by atoms with van der Waals surface area (Å²) >= 11 is 5.72. The third-order valence-corrected chi connectivity index (χ3v) is 3.37. The van der Waals surface area contributed by atoms with E-state index in [-0.39, 0.29) is 6.61 Å². The number of benzene rings is 1. The quantitative estimate of drug-likeness (QED) is 0.710. The average molecular weight is 379 g/mol. The minimum absolute atomic E-state index is 0.313. The van der Waals surface area contributed by atoms with Crippen molar-refractivity contribution in [1.82, 2.24) is 4.98 Å². The number of hydrogen-bond donors (Lipinski definition) is 1. The fraction of sp³-hybridized carbons (Fsp3) is 0.278. The van der Waals surface area contributed by atoms with Crippen LogP contribution in [0.2, 0.25) is 5.02 Å². The highest BCUT2D eigenvalue weighted by Crippen LogP contribution is 2.17. The van der Waals surface area contributed by atoms with E-state index in [1.165, 1.54) is 13.1 Å². The molecule has 2 aromatic rings. The van der Waals surface area contributed by atoms with E-state index in [9.17, 15) is 9.59 Å². The van der Waals surface area contributed by atoms with Crippen molar-refractivity contribution in [1.29, 1.82) is 0 Å². The molecule has 0 aliphatic rings. The van der Waals surface area contributed by atoms with E-state index in [0.29, 0.717) is 28.9 Å². The number of ether oxygens (including phenoxy) is 3. The molecule has 1 amide bonds. The van der Waals surface area contributed by atoms with Crippen molar-refractivity contribution in [2.75, 3.05) is 18.5 Å². The second-order valence-corrected chi connectivity index (χ2v) is 5.61. The topological polar surface area (TPSA) is 86.8 Å². The normalized spacial score (nSPS) is 11.3. The van der Waals surface area contributed by atoms with Gasteiger partial charge in [-0.15, -0.1) is 0 Å². The lowest BCUT2D eigenvalue weighted by Crippen LogP contribution is -2.31. The van der Waals surface area contributed by atoms with Gasteiger partial charge in [0.15, 0.2) is 12.7 Å². The minimum atomic E-state index is -0.996. The predicted octanol–water partition coefficient (Wildman–Crippen LogP) is 3.08. The van der Waals surface area contributed by atoms with Crippen LogP contribution in [0.25, 0.3) is 0 Å². The first-order valence-electron chi connectivity index (χ1n) is 7.95. The highest BCUT2D eigenvalue weighted by atomic mass is 35.5. The maximum atomic E-state index is 12.0. The fourth-order valence-corrected chi connectivity index (χ4v) is 2.02. The Balaban J connectivity index is 1.77. The number of nitrogens with zero attached hydrogens (tertiary/aromatic N) is 1. The van der Waals surface area contributed by atoms with Gasteiger partial charge in [0.1, 0.15) is 17.3 Å². The molecule has 8 heteroatoms. The van der Waals surface area contributed by atoms with E-state index >= 15 is 0 Å². The van der Waals surface area contributed by atoms with Gasteiger partial charge in [-0.3, -0.25) is 4.79 Å². The molecule has 7 nitrogen and oxygen atoms in total. The Morgan fingerprint density at radius 3 is 2.35 bits per heavy atom.